The number of nitrogens with zero attached hydrogens (tertiary/aromatic N) is 1. The fourth-order valence-electron chi connectivity index (χ4n) is 2.97. The first-order chi connectivity index (χ1) is 11.2. The largest absolute Gasteiger partial charge is 0.356 e. The second-order valence-electron chi connectivity index (χ2n) is 8.02. The van der Waals surface area contributed by atoms with Crippen molar-refractivity contribution < 1.29 is 14.4 Å². The lowest BCUT2D eigenvalue weighted by Gasteiger charge is -2.17. The van der Waals surface area contributed by atoms with Crippen LogP contribution in [0.2, 0.25) is 0 Å². The van der Waals surface area contributed by atoms with Crippen molar-refractivity contribution >= 4 is 17.7 Å². The lowest BCUT2D eigenvalue weighted by atomic mass is 9.89. The molecule has 24 heavy (non-hydrogen) atoms. The summed E-state index contributed by atoms with van der Waals surface area (Å²) in [6, 6.07) is 0. The normalized spacial score (nSPS) is 18.3. The van der Waals surface area contributed by atoms with Crippen LogP contribution in [0.4, 0.5) is 0 Å². The number of unbranched alkanes of at least 4 members (excludes halogenated alkanes) is 3. The first-order valence-electron chi connectivity index (χ1n) is 9.35. The molecule has 0 aromatic rings. The Morgan fingerprint density at radius 1 is 1.17 bits per heavy atom. The van der Waals surface area contributed by atoms with E-state index in [1.54, 1.807) is 0 Å². The van der Waals surface area contributed by atoms with Gasteiger partial charge in [0.2, 0.25) is 17.7 Å². The van der Waals surface area contributed by atoms with Gasteiger partial charge < -0.3 is 5.32 Å². The number of hydrogen-bond acceptors (Lipinski definition) is 3. The third kappa shape index (κ3) is 7.45. The maximum absolute atomic E-state index is 12.0. The van der Waals surface area contributed by atoms with Crippen molar-refractivity contribution in [3.05, 3.63) is 0 Å². The molecule has 0 radical (unpaired) electrons. The molecule has 1 saturated heterocycles. The summed E-state index contributed by atoms with van der Waals surface area (Å²) in [5.41, 5.74) is 0.398. The molecule has 1 fully saturated rings. The molecule has 1 unspecified atom stereocenters. The minimum absolute atomic E-state index is 0.0785. The second-order valence-corrected chi connectivity index (χ2v) is 8.02. The molecule has 3 amide bonds. The van der Waals surface area contributed by atoms with Crippen LogP contribution >= 0.6 is 0 Å². The molecule has 0 saturated carbocycles. The molecule has 0 aromatic carbocycles. The lowest BCUT2D eigenvalue weighted by Crippen LogP contribution is -2.35. The predicted octanol–water partition coefficient (Wildman–Crippen LogP) is 3.27. The van der Waals surface area contributed by atoms with Gasteiger partial charge in [-0.3, -0.25) is 19.3 Å². The summed E-state index contributed by atoms with van der Waals surface area (Å²) in [5, 5.41) is 2.88. The lowest BCUT2D eigenvalue weighted by molar-refractivity contribution is -0.139. The molecule has 5 nitrogen and oxygen atoms in total. The first-order valence-corrected chi connectivity index (χ1v) is 9.35. The number of carbonyl (C=O) groups excluding carboxylic acids is 3. The standard InChI is InChI=1S/C19H34N2O3/c1-5-15-14-17(23)21(18(15)24)13-10-16(22)20-12-9-7-6-8-11-19(2,3)4/h15H,5-14H2,1-4H3,(H,20,22). The van der Waals surface area contributed by atoms with Crippen LogP contribution < -0.4 is 5.32 Å². The van der Waals surface area contributed by atoms with Crippen LogP contribution in [-0.4, -0.2) is 35.7 Å². The van der Waals surface area contributed by atoms with Crippen molar-refractivity contribution in [1.29, 1.82) is 0 Å². The van der Waals surface area contributed by atoms with E-state index in [1.807, 2.05) is 6.92 Å². The molecule has 1 aliphatic heterocycles. The highest BCUT2D eigenvalue weighted by Crippen LogP contribution is 2.23. The van der Waals surface area contributed by atoms with E-state index in [0.717, 1.165) is 12.8 Å². The fourth-order valence-corrected chi connectivity index (χ4v) is 2.97. The van der Waals surface area contributed by atoms with Gasteiger partial charge in [0.15, 0.2) is 0 Å². The Morgan fingerprint density at radius 2 is 1.83 bits per heavy atom. The molecule has 1 heterocycles. The number of amides is 3. The quantitative estimate of drug-likeness (QED) is 0.491. The monoisotopic (exact) mass is 338 g/mol. The van der Waals surface area contributed by atoms with Crippen molar-refractivity contribution in [3.8, 4) is 0 Å². The molecule has 1 rings (SSSR count). The zero-order valence-corrected chi connectivity index (χ0v) is 15.8. The van der Waals surface area contributed by atoms with E-state index >= 15 is 0 Å². The van der Waals surface area contributed by atoms with Crippen molar-refractivity contribution in [2.24, 2.45) is 11.3 Å². The summed E-state index contributed by atoms with van der Waals surface area (Å²) in [4.78, 5) is 36.8. The Kier molecular flexibility index (Phi) is 8.43. The summed E-state index contributed by atoms with van der Waals surface area (Å²) in [7, 11) is 0. The molecule has 1 atom stereocenters. The minimum Gasteiger partial charge on any atom is -0.356 e. The summed E-state index contributed by atoms with van der Waals surface area (Å²) in [6.07, 6.45) is 6.95. The maximum atomic E-state index is 12.0. The molecule has 1 N–H and O–H groups in total. The topological polar surface area (TPSA) is 66.5 Å². The van der Waals surface area contributed by atoms with Gasteiger partial charge in [-0.15, -0.1) is 0 Å². The number of rotatable bonds is 10. The average molecular weight is 338 g/mol. The third-order valence-corrected chi connectivity index (χ3v) is 4.57. The fraction of sp³-hybridized carbons (Fsp3) is 0.842. The SMILES string of the molecule is CCC1CC(=O)N(CCC(=O)NCCCCCCC(C)(C)C)C1=O. The van der Waals surface area contributed by atoms with E-state index in [4.69, 9.17) is 0 Å². The van der Waals surface area contributed by atoms with Gasteiger partial charge in [-0.2, -0.15) is 0 Å². The third-order valence-electron chi connectivity index (χ3n) is 4.57. The van der Waals surface area contributed by atoms with Gasteiger partial charge >= 0.3 is 0 Å². The highest BCUT2D eigenvalue weighted by molar-refractivity contribution is 6.03. The summed E-state index contributed by atoms with van der Waals surface area (Å²) in [6.45, 7) is 9.57. The highest BCUT2D eigenvalue weighted by Gasteiger charge is 2.36. The van der Waals surface area contributed by atoms with Gasteiger partial charge in [0.05, 0.1) is 0 Å². The second kappa shape index (κ2) is 9.80. The van der Waals surface area contributed by atoms with Crippen LogP contribution in [0.15, 0.2) is 0 Å². The van der Waals surface area contributed by atoms with E-state index < -0.39 is 0 Å². The average Bonchev–Trinajstić information content (AvgIpc) is 2.77. The zero-order chi connectivity index (χ0) is 18.2. The molecule has 0 bridgehead atoms. The molecule has 1 aliphatic rings. The van der Waals surface area contributed by atoms with Gasteiger partial charge in [-0.05, 0) is 24.7 Å². The van der Waals surface area contributed by atoms with Crippen LogP contribution in [-0.2, 0) is 14.4 Å². The number of hydrogen-bond donors (Lipinski definition) is 1. The number of imide groups is 1. The van der Waals surface area contributed by atoms with Crippen molar-refractivity contribution in [1.82, 2.24) is 10.2 Å². The van der Waals surface area contributed by atoms with Gasteiger partial charge in [0.25, 0.3) is 0 Å². The number of likely N-dealkylation sites (tertiary alicyclic amines) is 1. The van der Waals surface area contributed by atoms with Crippen molar-refractivity contribution in [3.63, 3.8) is 0 Å². The molecule has 0 spiro atoms. The van der Waals surface area contributed by atoms with E-state index in [0.29, 0.717) is 24.8 Å². The maximum Gasteiger partial charge on any atom is 0.232 e. The Bertz CT molecular complexity index is 440. The Labute approximate surface area is 146 Å². The molecule has 0 aliphatic carbocycles. The van der Waals surface area contributed by atoms with E-state index in [9.17, 15) is 14.4 Å². The first kappa shape index (κ1) is 20.7. The highest BCUT2D eigenvalue weighted by atomic mass is 16.2. The molecule has 5 heteroatoms. The minimum atomic E-state index is -0.186. The zero-order valence-electron chi connectivity index (χ0n) is 15.8. The van der Waals surface area contributed by atoms with Crippen molar-refractivity contribution in [2.75, 3.05) is 13.1 Å². The Balaban J connectivity index is 2.08. The molecule has 138 valence electrons. The van der Waals surface area contributed by atoms with Crippen LogP contribution in [0.5, 0.6) is 0 Å². The Hall–Kier alpha value is -1.39. The van der Waals surface area contributed by atoms with Crippen LogP contribution in [0, 0.1) is 11.3 Å². The number of nitrogens with one attached hydrogen (secondary N) is 1. The smallest absolute Gasteiger partial charge is 0.232 e. The van der Waals surface area contributed by atoms with Crippen LogP contribution in [0.25, 0.3) is 0 Å². The van der Waals surface area contributed by atoms with E-state index in [1.165, 1.54) is 24.2 Å². The van der Waals surface area contributed by atoms with Gasteiger partial charge in [-0.1, -0.05) is 47.0 Å². The molecule has 0 aromatic heterocycles. The summed E-state index contributed by atoms with van der Waals surface area (Å²) >= 11 is 0. The van der Waals surface area contributed by atoms with Gasteiger partial charge in [-0.25, -0.2) is 0 Å². The van der Waals surface area contributed by atoms with Crippen molar-refractivity contribution in [2.45, 2.75) is 79.1 Å². The van der Waals surface area contributed by atoms with Crippen LogP contribution in [0.3, 0.4) is 0 Å². The summed E-state index contributed by atoms with van der Waals surface area (Å²) in [5.74, 6) is -0.522. The number of carbonyl (C=O) groups is 3. The van der Waals surface area contributed by atoms with E-state index in [2.05, 4.69) is 26.1 Å². The van der Waals surface area contributed by atoms with E-state index in [-0.39, 0.29) is 36.6 Å². The Morgan fingerprint density at radius 3 is 2.42 bits per heavy atom. The molecular formula is C19H34N2O3. The predicted molar refractivity (Wildman–Crippen MR) is 95.3 cm³/mol. The van der Waals surface area contributed by atoms with Gasteiger partial charge in [0, 0.05) is 31.8 Å². The van der Waals surface area contributed by atoms with Gasteiger partial charge in [0.1, 0.15) is 0 Å². The van der Waals surface area contributed by atoms with Crippen LogP contribution in [0.1, 0.15) is 79.1 Å². The summed E-state index contributed by atoms with van der Waals surface area (Å²) < 4.78 is 0. The molecular weight excluding hydrogens is 304 g/mol.